The van der Waals surface area contributed by atoms with Crippen molar-refractivity contribution in [2.45, 2.75) is 132 Å². The number of esters is 1. The fourth-order valence-electron chi connectivity index (χ4n) is 11.2. The van der Waals surface area contributed by atoms with Crippen molar-refractivity contribution >= 4 is 5.97 Å². The number of hydrogen-bond donors (Lipinski definition) is 1. The number of allylic oxidation sites excluding steroid dienone is 2. The van der Waals surface area contributed by atoms with Gasteiger partial charge >= 0.3 is 5.97 Å². The molecule has 4 fully saturated rings. The third kappa shape index (κ3) is 3.41. The van der Waals surface area contributed by atoms with Gasteiger partial charge < -0.3 is 9.84 Å². The van der Waals surface area contributed by atoms with E-state index in [1.54, 1.807) is 5.57 Å². The lowest BCUT2D eigenvalue weighted by atomic mass is 9.32. The van der Waals surface area contributed by atoms with E-state index in [4.69, 9.17) is 4.74 Å². The van der Waals surface area contributed by atoms with E-state index in [0.29, 0.717) is 22.7 Å². The third-order valence-corrected chi connectivity index (χ3v) is 13.1. The van der Waals surface area contributed by atoms with Crippen LogP contribution in [0, 0.1) is 50.2 Å². The summed E-state index contributed by atoms with van der Waals surface area (Å²) in [5, 5.41) is 12.0. The number of ether oxygens (including phenoxy) is 1. The molecule has 0 aromatic rings. The first-order chi connectivity index (χ1) is 16.0. The summed E-state index contributed by atoms with van der Waals surface area (Å²) in [5.41, 5.74) is 2.62. The molecule has 0 aromatic carbocycles. The molecule has 0 aliphatic heterocycles. The number of rotatable bonds is 1. The maximum Gasteiger partial charge on any atom is 0.302 e. The summed E-state index contributed by atoms with van der Waals surface area (Å²) in [6, 6.07) is 0. The minimum absolute atomic E-state index is 0.0709. The Labute approximate surface area is 214 Å². The van der Waals surface area contributed by atoms with E-state index in [1.165, 1.54) is 45.4 Å². The summed E-state index contributed by atoms with van der Waals surface area (Å²) in [6.45, 7) is 21.1. The van der Waals surface area contributed by atoms with Crippen molar-refractivity contribution in [3.8, 4) is 0 Å². The quantitative estimate of drug-likeness (QED) is 0.306. The largest absolute Gasteiger partial charge is 0.462 e. The Hall–Kier alpha value is -0.830. The Kier molecular flexibility index (Phi) is 5.61. The van der Waals surface area contributed by atoms with Crippen molar-refractivity contribution in [1.29, 1.82) is 0 Å². The molecule has 0 radical (unpaired) electrons. The first-order valence-electron chi connectivity index (χ1n) is 14.6. The SMILES string of the molecule is CC(=O)O[C@H]1CC[C@]2(C)[C@H]3CC[C@@H]4C5=CC(C)(C)CC[C@]5(C)CC[C@@]4(C)[C@]3(C)C[C@@H](O)[C@H]2C1(C)C. The molecule has 4 saturated carbocycles. The Morgan fingerprint density at radius 2 is 1.54 bits per heavy atom. The zero-order valence-corrected chi connectivity index (χ0v) is 24.1. The molecule has 198 valence electrons. The van der Waals surface area contributed by atoms with Gasteiger partial charge in [-0.1, -0.05) is 67.0 Å². The molecule has 0 aromatic heterocycles. The van der Waals surface area contributed by atoms with Crippen molar-refractivity contribution in [3.05, 3.63) is 11.6 Å². The van der Waals surface area contributed by atoms with Gasteiger partial charge in [0.25, 0.3) is 0 Å². The fraction of sp³-hybridized carbons (Fsp3) is 0.906. The molecule has 0 unspecified atom stereocenters. The van der Waals surface area contributed by atoms with E-state index >= 15 is 0 Å². The first-order valence-corrected chi connectivity index (χ1v) is 14.6. The van der Waals surface area contributed by atoms with Crippen molar-refractivity contribution in [1.82, 2.24) is 0 Å². The standard InChI is InChI=1S/C32H52O3/c1-20(33)35-25-12-13-30(7)24-11-10-21-22-18-27(2,3)14-15-29(22,6)16-17-31(21,8)32(24,9)19-23(34)26(30)28(25,4)5/h18,21,23-26,34H,10-17,19H2,1-9H3/t21-,23-,24-,25+,26+,29-,30-,31-,32-/m1/s1. The Morgan fingerprint density at radius 1 is 0.886 bits per heavy atom. The molecule has 5 aliphatic carbocycles. The molecule has 0 spiro atoms. The number of carbonyl (C=O) groups excluding carboxylic acids is 1. The van der Waals surface area contributed by atoms with Crippen LogP contribution in [0.25, 0.3) is 0 Å². The van der Waals surface area contributed by atoms with Crippen LogP contribution in [0.15, 0.2) is 11.6 Å². The lowest BCUT2D eigenvalue weighted by Crippen LogP contribution is -2.69. The number of fused-ring (bicyclic) bond motifs is 7. The van der Waals surface area contributed by atoms with Gasteiger partial charge in [0.15, 0.2) is 0 Å². The summed E-state index contributed by atoms with van der Waals surface area (Å²) in [5.74, 6) is 1.21. The highest BCUT2D eigenvalue weighted by atomic mass is 16.5. The van der Waals surface area contributed by atoms with Gasteiger partial charge in [-0.05, 0) is 103 Å². The topological polar surface area (TPSA) is 46.5 Å². The second-order valence-electron chi connectivity index (χ2n) is 15.9. The molecule has 0 saturated heterocycles. The van der Waals surface area contributed by atoms with Crippen molar-refractivity contribution < 1.29 is 14.6 Å². The van der Waals surface area contributed by atoms with Crippen LogP contribution < -0.4 is 0 Å². The van der Waals surface area contributed by atoms with Gasteiger partial charge in [-0.2, -0.15) is 0 Å². The van der Waals surface area contributed by atoms with E-state index < -0.39 is 0 Å². The van der Waals surface area contributed by atoms with Crippen LogP contribution in [-0.4, -0.2) is 23.3 Å². The summed E-state index contributed by atoms with van der Waals surface area (Å²) < 4.78 is 5.85. The minimum atomic E-state index is -0.352. The average molecular weight is 485 g/mol. The van der Waals surface area contributed by atoms with Crippen LogP contribution >= 0.6 is 0 Å². The van der Waals surface area contributed by atoms with E-state index in [9.17, 15) is 9.90 Å². The molecule has 1 N–H and O–H groups in total. The molecule has 5 aliphatic rings. The maximum absolute atomic E-state index is 12.0. The molecule has 3 nitrogen and oxygen atoms in total. The number of aliphatic hydroxyl groups excluding tert-OH is 1. The van der Waals surface area contributed by atoms with E-state index in [-0.39, 0.29) is 45.8 Å². The van der Waals surface area contributed by atoms with E-state index in [2.05, 4.69) is 61.5 Å². The van der Waals surface area contributed by atoms with Gasteiger partial charge in [0.1, 0.15) is 6.10 Å². The maximum atomic E-state index is 12.0. The molecular weight excluding hydrogens is 432 g/mol. The Balaban J connectivity index is 1.55. The van der Waals surface area contributed by atoms with Crippen LogP contribution in [0.3, 0.4) is 0 Å². The first kappa shape index (κ1) is 25.8. The van der Waals surface area contributed by atoms with Crippen LogP contribution in [0.1, 0.15) is 120 Å². The van der Waals surface area contributed by atoms with E-state index in [0.717, 1.165) is 19.3 Å². The third-order valence-electron chi connectivity index (χ3n) is 13.1. The molecule has 0 heterocycles. The number of carbonyl (C=O) groups is 1. The molecule has 3 heteroatoms. The van der Waals surface area contributed by atoms with Crippen LogP contribution in [0.4, 0.5) is 0 Å². The predicted molar refractivity (Wildman–Crippen MR) is 142 cm³/mol. The molecule has 0 bridgehead atoms. The van der Waals surface area contributed by atoms with Gasteiger partial charge in [0.05, 0.1) is 6.10 Å². The molecule has 9 atom stereocenters. The zero-order chi connectivity index (χ0) is 25.8. The van der Waals surface area contributed by atoms with Crippen LogP contribution in [-0.2, 0) is 9.53 Å². The molecular formula is C32H52O3. The summed E-state index contributed by atoms with van der Waals surface area (Å²) in [4.78, 5) is 11.9. The number of hydrogen-bond acceptors (Lipinski definition) is 3. The highest BCUT2D eigenvalue weighted by molar-refractivity contribution is 5.66. The summed E-state index contributed by atoms with van der Waals surface area (Å²) >= 11 is 0. The highest BCUT2D eigenvalue weighted by Crippen LogP contribution is 2.76. The molecule has 5 rings (SSSR count). The Morgan fingerprint density at radius 3 is 2.20 bits per heavy atom. The zero-order valence-electron chi connectivity index (χ0n) is 24.1. The van der Waals surface area contributed by atoms with Gasteiger partial charge in [0.2, 0.25) is 0 Å². The molecule has 0 amide bonds. The monoisotopic (exact) mass is 484 g/mol. The lowest BCUT2D eigenvalue weighted by molar-refractivity contribution is -0.264. The lowest BCUT2D eigenvalue weighted by Gasteiger charge is -2.73. The Bertz CT molecular complexity index is 931. The van der Waals surface area contributed by atoms with Gasteiger partial charge in [-0.25, -0.2) is 0 Å². The summed E-state index contributed by atoms with van der Waals surface area (Å²) in [6.07, 6.45) is 12.8. The van der Waals surface area contributed by atoms with Crippen LogP contribution in [0.2, 0.25) is 0 Å². The normalized spacial score (nSPS) is 52.2. The van der Waals surface area contributed by atoms with Crippen LogP contribution in [0.5, 0.6) is 0 Å². The van der Waals surface area contributed by atoms with Gasteiger partial charge in [0, 0.05) is 12.3 Å². The smallest absolute Gasteiger partial charge is 0.302 e. The van der Waals surface area contributed by atoms with Crippen molar-refractivity contribution in [2.75, 3.05) is 0 Å². The fourth-order valence-corrected chi connectivity index (χ4v) is 11.2. The minimum Gasteiger partial charge on any atom is -0.462 e. The highest BCUT2D eigenvalue weighted by Gasteiger charge is 2.71. The second-order valence-corrected chi connectivity index (χ2v) is 15.9. The van der Waals surface area contributed by atoms with E-state index in [1.807, 2.05) is 0 Å². The predicted octanol–water partition coefficient (Wildman–Crippen LogP) is 7.71. The average Bonchev–Trinajstić information content (AvgIpc) is 2.71. The van der Waals surface area contributed by atoms with Crippen molar-refractivity contribution in [2.24, 2.45) is 50.2 Å². The van der Waals surface area contributed by atoms with Crippen molar-refractivity contribution in [3.63, 3.8) is 0 Å². The molecule has 35 heavy (non-hydrogen) atoms. The second kappa shape index (κ2) is 7.61. The number of aliphatic hydroxyl groups is 1. The van der Waals surface area contributed by atoms with Gasteiger partial charge in [-0.3, -0.25) is 4.79 Å². The summed E-state index contributed by atoms with van der Waals surface area (Å²) in [7, 11) is 0. The van der Waals surface area contributed by atoms with Gasteiger partial charge in [-0.15, -0.1) is 0 Å².